The van der Waals surface area contributed by atoms with E-state index in [9.17, 15) is 13.6 Å². The molecule has 4 nitrogen and oxygen atoms in total. The number of benzene rings is 1. The van der Waals surface area contributed by atoms with Gasteiger partial charge in [-0.05, 0) is 25.6 Å². The highest BCUT2D eigenvalue weighted by Gasteiger charge is 2.15. The first kappa shape index (κ1) is 12.6. The minimum atomic E-state index is -1.04. The highest BCUT2D eigenvalue weighted by molar-refractivity contribution is 5.84. The molecule has 0 saturated carbocycles. The first-order valence-corrected chi connectivity index (χ1v) is 5.65. The number of hydrogen-bond acceptors (Lipinski definition) is 3. The minimum absolute atomic E-state index is 0.101. The van der Waals surface area contributed by atoms with Gasteiger partial charge in [-0.25, -0.2) is 13.9 Å². The summed E-state index contributed by atoms with van der Waals surface area (Å²) in [5, 5.41) is 9.73. The summed E-state index contributed by atoms with van der Waals surface area (Å²) in [6.07, 6.45) is 0. The van der Waals surface area contributed by atoms with Crippen molar-refractivity contribution in [1.29, 1.82) is 0 Å². The first-order valence-electron chi connectivity index (χ1n) is 5.65. The number of fused-ring (bicyclic) bond motifs is 1. The SMILES string of the molecule is CCN[C@H](C)c1n[nH]c(=O)c2cc(F)c(F)cc12. The van der Waals surface area contributed by atoms with Crippen LogP contribution in [0.4, 0.5) is 8.78 Å². The van der Waals surface area contributed by atoms with E-state index in [2.05, 4.69) is 15.5 Å². The fourth-order valence-corrected chi connectivity index (χ4v) is 1.91. The van der Waals surface area contributed by atoms with Crippen LogP contribution >= 0.6 is 0 Å². The van der Waals surface area contributed by atoms with E-state index in [1.165, 1.54) is 0 Å². The molecule has 18 heavy (non-hydrogen) atoms. The molecule has 1 aromatic heterocycles. The fraction of sp³-hybridized carbons (Fsp3) is 0.333. The molecule has 2 rings (SSSR count). The Morgan fingerprint density at radius 2 is 1.94 bits per heavy atom. The van der Waals surface area contributed by atoms with Crippen molar-refractivity contribution >= 4 is 10.8 Å². The molecule has 0 saturated heterocycles. The summed E-state index contributed by atoms with van der Waals surface area (Å²) in [5.74, 6) is -2.03. The van der Waals surface area contributed by atoms with Crippen LogP contribution in [0.1, 0.15) is 25.6 Å². The maximum Gasteiger partial charge on any atom is 0.272 e. The summed E-state index contributed by atoms with van der Waals surface area (Å²) in [7, 11) is 0. The highest BCUT2D eigenvalue weighted by atomic mass is 19.2. The highest BCUT2D eigenvalue weighted by Crippen LogP contribution is 2.21. The molecule has 0 amide bonds. The minimum Gasteiger partial charge on any atom is -0.309 e. The van der Waals surface area contributed by atoms with Gasteiger partial charge in [0.15, 0.2) is 11.6 Å². The molecule has 0 aliphatic rings. The largest absolute Gasteiger partial charge is 0.309 e. The first-order chi connectivity index (χ1) is 8.54. The van der Waals surface area contributed by atoms with Crippen LogP contribution < -0.4 is 10.9 Å². The predicted molar refractivity (Wildman–Crippen MR) is 64.4 cm³/mol. The Morgan fingerprint density at radius 3 is 2.56 bits per heavy atom. The number of aromatic nitrogens is 2. The molecule has 0 bridgehead atoms. The average Bonchev–Trinajstić information content (AvgIpc) is 2.32. The van der Waals surface area contributed by atoms with Crippen LogP contribution in [0.2, 0.25) is 0 Å². The number of H-pyrrole nitrogens is 1. The second kappa shape index (κ2) is 4.81. The molecule has 1 aromatic carbocycles. The molecular weight excluding hydrogens is 240 g/mol. The fourth-order valence-electron chi connectivity index (χ4n) is 1.91. The third-order valence-electron chi connectivity index (χ3n) is 2.78. The lowest BCUT2D eigenvalue weighted by Gasteiger charge is -2.13. The van der Waals surface area contributed by atoms with Gasteiger partial charge < -0.3 is 5.32 Å². The number of hydrogen-bond donors (Lipinski definition) is 2. The molecule has 6 heteroatoms. The molecule has 0 aliphatic heterocycles. The summed E-state index contributed by atoms with van der Waals surface area (Å²) in [6.45, 7) is 4.46. The Labute approximate surface area is 102 Å². The van der Waals surface area contributed by atoms with Crippen LogP contribution in [0.15, 0.2) is 16.9 Å². The van der Waals surface area contributed by atoms with Gasteiger partial charge >= 0.3 is 0 Å². The third-order valence-corrected chi connectivity index (χ3v) is 2.78. The lowest BCUT2D eigenvalue weighted by Crippen LogP contribution is -2.22. The molecule has 0 spiro atoms. The van der Waals surface area contributed by atoms with Crippen molar-refractivity contribution in [3.8, 4) is 0 Å². The predicted octanol–water partition coefficient (Wildman–Crippen LogP) is 1.87. The van der Waals surface area contributed by atoms with Crippen molar-refractivity contribution in [1.82, 2.24) is 15.5 Å². The Bertz CT molecular complexity index is 639. The zero-order valence-corrected chi connectivity index (χ0v) is 10.1. The number of nitrogens with one attached hydrogen (secondary N) is 2. The number of aromatic amines is 1. The quantitative estimate of drug-likeness (QED) is 0.878. The van der Waals surface area contributed by atoms with E-state index in [1.54, 1.807) is 0 Å². The zero-order valence-electron chi connectivity index (χ0n) is 10.1. The van der Waals surface area contributed by atoms with Crippen LogP contribution in [-0.2, 0) is 0 Å². The van der Waals surface area contributed by atoms with Crippen molar-refractivity contribution in [2.45, 2.75) is 19.9 Å². The second-order valence-electron chi connectivity index (χ2n) is 4.03. The lowest BCUT2D eigenvalue weighted by molar-refractivity contribution is 0.510. The van der Waals surface area contributed by atoms with Crippen LogP contribution in [0.25, 0.3) is 10.8 Å². The van der Waals surface area contributed by atoms with Gasteiger partial charge in [0.2, 0.25) is 0 Å². The number of halogens is 2. The van der Waals surface area contributed by atoms with E-state index in [-0.39, 0.29) is 11.4 Å². The molecule has 2 aromatic rings. The molecule has 0 aliphatic carbocycles. The standard InChI is InChI=1S/C12H13F2N3O/c1-3-15-6(2)11-7-4-9(13)10(14)5-8(7)12(18)17-16-11/h4-6,15H,3H2,1-2H3,(H,17,18)/t6-/m1/s1. The molecule has 96 valence electrons. The van der Waals surface area contributed by atoms with Gasteiger partial charge in [0, 0.05) is 11.4 Å². The number of rotatable bonds is 3. The topological polar surface area (TPSA) is 57.8 Å². The van der Waals surface area contributed by atoms with Gasteiger partial charge in [0.05, 0.1) is 11.1 Å². The van der Waals surface area contributed by atoms with Crippen LogP contribution in [-0.4, -0.2) is 16.7 Å². The van der Waals surface area contributed by atoms with Crippen molar-refractivity contribution in [3.05, 3.63) is 39.8 Å². The smallest absolute Gasteiger partial charge is 0.272 e. The average molecular weight is 253 g/mol. The van der Waals surface area contributed by atoms with Gasteiger partial charge in [-0.1, -0.05) is 6.92 Å². The van der Waals surface area contributed by atoms with E-state index in [1.807, 2.05) is 13.8 Å². The van der Waals surface area contributed by atoms with E-state index < -0.39 is 17.2 Å². The number of nitrogens with zero attached hydrogens (tertiary/aromatic N) is 1. The summed E-state index contributed by atoms with van der Waals surface area (Å²) in [5.41, 5.74) is -0.0401. The third kappa shape index (κ3) is 2.11. The maximum atomic E-state index is 13.3. The van der Waals surface area contributed by atoms with E-state index in [0.717, 1.165) is 12.1 Å². The molecule has 2 N–H and O–H groups in total. The van der Waals surface area contributed by atoms with Crippen LogP contribution in [0.3, 0.4) is 0 Å². The molecular formula is C12H13F2N3O. The summed E-state index contributed by atoms with van der Waals surface area (Å²) >= 11 is 0. The van der Waals surface area contributed by atoms with Crippen molar-refractivity contribution in [2.75, 3.05) is 6.54 Å². The lowest BCUT2D eigenvalue weighted by atomic mass is 10.1. The zero-order chi connectivity index (χ0) is 13.3. The van der Waals surface area contributed by atoms with E-state index >= 15 is 0 Å². The molecule has 1 atom stereocenters. The van der Waals surface area contributed by atoms with Gasteiger partial charge in [0.1, 0.15) is 0 Å². The molecule has 0 fully saturated rings. The van der Waals surface area contributed by atoms with Crippen LogP contribution in [0, 0.1) is 11.6 Å². The van der Waals surface area contributed by atoms with Crippen molar-refractivity contribution < 1.29 is 8.78 Å². The molecule has 0 radical (unpaired) electrons. The Balaban J connectivity index is 2.72. The Morgan fingerprint density at radius 1 is 1.33 bits per heavy atom. The summed E-state index contributed by atoms with van der Waals surface area (Å²) in [6, 6.07) is 1.74. The maximum absolute atomic E-state index is 13.3. The Hall–Kier alpha value is -1.82. The van der Waals surface area contributed by atoms with E-state index in [4.69, 9.17) is 0 Å². The Kier molecular flexibility index (Phi) is 3.38. The summed E-state index contributed by atoms with van der Waals surface area (Å²) in [4.78, 5) is 11.5. The summed E-state index contributed by atoms with van der Waals surface area (Å²) < 4.78 is 26.4. The van der Waals surface area contributed by atoms with Gasteiger partial charge in [-0.15, -0.1) is 0 Å². The molecule has 0 unspecified atom stereocenters. The van der Waals surface area contributed by atoms with Crippen LogP contribution in [0.5, 0.6) is 0 Å². The second-order valence-corrected chi connectivity index (χ2v) is 4.03. The molecule has 1 heterocycles. The van der Waals surface area contributed by atoms with Crippen molar-refractivity contribution in [3.63, 3.8) is 0 Å². The van der Waals surface area contributed by atoms with Gasteiger partial charge in [-0.3, -0.25) is 4.79 Å². The monoisotopic (exact) mass is 253 g/mol. The van der Waals surface area contributed by atoms with Gasteiger partial charge in [0.25, 0.3) is 5.56 Å². The van der Waals surface area contributed by atoms with E-state index in [0.29, 0.717) is 17.6 Å². The van der Waals surface area contributed by atoms with Gasteiger partial charge in [-0.2, -0.15) is 5.10 Å². The normalized spacial score (nSPS) is 12.9. The van der Waals surface area contributed by atoms with Crippen molar-refractivity contribution in [2.24, 2.45) is 0 Å².